The number of rotatable bonds is 7. The standard InChI is InChI=1S/C16H19Cl2N5S/c1-4-23-14(5-6-20-22-19)21-15(10(2)3)16(23)24-13-8-11(17)7-12(18)9-13/h7-10H,4-6H2,1-3H3. The van der Waals surface area contributed by atoms with E-state index in [9.17, 15) is 0 Å². The molecule has 24 heavy (non-hydrogen) atoms. The maximum Gasteiger partial charge on any atom is 0.110 e. The van der Waals surface area contributed by atoms with Gasteiger partial charge in [-0.05, 0) is 36.6 Å². The van der Waals surface area contributed by atoms with Crippen molar-refractivity contribution in [3.63, 3.8) is 0 Å². The summed E-state index contributed by atoms with van der Waals surface area (Å²) < 4.78 is 2.17. The zero-order chi connectivity index (χ0) is 17.7. The van der Waals surface area contributed by atoms with E-state index < -0.39 is 0 Å². The van der Waals surface area contributed by atoms with Gasteiger partial charge in [-0.2, -0.15) is 0 Å². The Bertz CT molecular complexity index is 746. The molecule has 0 radical (unpaired) electrons. The van der Waals surface area contributed by atoms with Crippen molar-refractivity contribution in [2.45, 2.75) is 49.6 Å². The first-order valence-corrected chi connectivity index (χ1v) is 9.27. The van der Waals surface area contributed by atoms with Gasteiger partial charge in [-0.1, -0.05) is 53.9 Å². The van der Waals surface area contributed by atoms with E-state index in [1.54, 1.807) is 17.8 Å². The van der Waals surface area contributed by atoms with Gasteiger partial charge < -0.3 is 4.57 Å². The van der Waals surface area contributed by atoms with Gasteiger partial charge in [0, 0.05) is 39.4 Å². The van der Waals surface area contributed by atoms with Crippen LogP contribution in [0.4, 0.5) is 0 Å². The zero-order valence-electron chi connectivity index (χ0n) is 13.8. The summed E-state index contributed by atoms with van der Waals surface area (Å²) in [7, 11) is 0. The maximum atomic E-state index is 8.47. The lowest BCUT2D eigenvalue weighted by Crippen LogP contribution is -2.04. The van der Waals surface area contributed by atoms with Gasteiger partial charge in [-0.25, -0.2) is 4.98 Å². The van der Waals surface area contributed by atoms with Gasteiger partial charge in [0.25, 0.3) is 0 Å². The molecular weight excluding hydrogens is 365 g/mol. The summed E-state index contributed by atoms with van der Waals surface area (Å²) in [6.07, 6.45) is 0.620. The Morgan fingerprint density at radius 3 is 2.50 bits per heavy atom. The van der Waals surface area contributed by atoms with Crippen LogP contribution in [0.2, 0.25) is 10.0 Å². The van der Waals surface area contributed by atoms with E-state index in [2.05, 4.69) is 35.4 Å². The Morgan fingerprint density at radius 1 is 1.29 bits per heavy atom. The van der Waals surface area contributed by atoms with Gasteiger partial charge >= 0.3 is 0 Å². The summed E-state index contributed by atoms with van der Waals surface area (Å²) in [6.45, 7) is 7.51. The molecule has 0 atom stereocenters. The van der Waals surface area contributed by atoms with E-state index in [-0.39, 0.29) is 5.92 Å². The topological polar surface area (TPSA) is 66.6 Å². The number of benzene rings is 1. The van der Waals surface area contributed by atoms with Crippen LogP contribution in [0, 0.1) is 0 Å². The molecule has 1 aromatic carbocycles. The third-order valence-corrected chi connectivity index (χ3v) is 4.97. The minimum atomic E-state index is 0.285. The van der Waals surface area contributed by atoms with Crippen molar-refractivity contribution < 1.29 is 0 Å². The predicted molar refractivity (Wildman–Crippen MR) is 100 cm³/mol. The molecule has 0 aliphatic heterocycles. The molecule has 0 unspecified atom stereocenters. The highest BCUT2D eigenvalue weighted by Crippen LogP contribution is 2.37. The van der Waals surface area contributed by atoms with Crippen molar-refractivity contribution in [2.24, 2.45) is 5.11 Å². The Morgan fingerprint density at radius 2 is 1.96 bits per heavy atom. The molecule has 2 rings (SSSR count). The number of aromatic nitrogens is 2. The van der Waals surface area contributed by atoms with Crippen LogP contribution in [0.1, 0.15) is 38.2 Å². The monoisotopic (exact) mass is 383 g/mol. The summed E-state index contributed by atoms with van der Waals surface area (Å²) in [5.74, 6) is 1.22. The number of nitrogens with zero attached hydrogens (tertiary/aromatic N) is 5. The molecule has 2 aromatic rings. The Labute approximate surface area is 156 Å². The molecule has 0 spiro atoms. The first-order valence-electron chi connectivity index (χ1n) is 7.70. The van der Waals surface area contributed by atoms with Crippen LogP contribution in [-0.4, -0.2) is 16.1 Å². The highest BCUT2D eigenvalue weighted by atomic mass is 35.5. The Hall–Kier alpha value is -1.33. The number of halogens is 2. The molecule has 1 heterocycles. The van der Waals surface area contributed by atoms with Gasteiger partial charge in [0.2, 0.25) is 0 Å². The fraction of sp³-hybridized carbons (Fsp3) is 0.438. The second-order valence-corrected chi connectivity index (χ2v) is 7.46. The van der Waals surface area contributed by atoms with Crippen LogP contribution in [0.5, 0.6) is 0 Å². The summed E-state index contributed by atoms with van der Waals surface area (Å²) in [5, 5.41) is 5.93. The zero-order valence-corrected chi connectivity index (χ0v) is 16.2. The molecule has 1 aromatic heterocycles. The molecule has 0 aliphatic rings. The quantitative estimate of drug-likeness (QED) is 0.318. The van der Waals surface area contributed by atoms with E-state index >= 15 is 0 Å². The molecule has 8 heteroatoms. The van der Waals surface area contributed by atoms with E-state index in [4.69, 9.17) is 33.7 Å². The number of imidazole rings is 1. The minimum Gasteiger partial charge on any atom is -0.323 e. The lowest BCUT2D eigenvalue weighted by Gasteiger charge is -2.11. The van der Waals surface area contributed by atoms with Gasteiger partial charge in [0.1, 0.15) is 10.9 Å². The average Bonchev–Trinajstić information content (AvgIpc) is 2.84. The first kappa shape index (κ1) is 19.0. The highest BCUT2D eigenvalue weighted by molar-refractivity contribution is 7.99. The van der Waals surface area contributed by atoms with Crippen LogP contribution >= 0.6 is 35.0 Å². The van der Waals surface area contributed by atoms with Gasteiger partial charge in [0.05, 0.1) is 5.69 Å². The molecule has 0 bridgehead atoms. The van der Waals surface area contributed by atoms with Crippen molar-refractivity contribution in [2.75, 3.05) is 6.54 Å². The Kier molecular flexibility index (Phi) is 6.87. The summed E-state index contributed by atoms with van der Waals surface area (Å²) in [5.41, 5.74) is 9.50. The molecule has 0 amide bonds. The fourth-order valence-corrected chi connectivity index (χ4v) is 4.38. The maximum absolute atomic E-state index is 8.47. The van der Waals surface area contributed by atoms with Crippen molar-refractivity contribution in [1.29, 1.82) is 0 Å². The van der Waals surface area contributed by atoms with Gasteiger partial charge in [-0.15, -0.1) is 0 Å². The highest BCUT2D eigenvalue weighted by Gasteiger charge is 2.19. The van der Waals surface area contributed by atoms with E-state index in [0.29, 0.717) is 23.0 Å². The second-order valence-electron chi connectivity index (χ2n) is 5.53. The second kappa shape index (κ2) is 8.67. The van der Waals surface area contributed by atoms with E-state index in [1.165, 1.54) is 0 Å². The summed E-state index contributed by atoms with van der Waals surface area (Å²) >= 11 is 13.8. The Balaban J connectivity index is 2.43. The van der Waals surface area contributed by atoms with Crippen LogP contribution in [-0.2, 0) is 13.0 Å². The van der Waals surface area contributed by atoms with Crippen molar-refractivity contribution in [3.8, 4) is 0 Å². The SMILES string of the molecule is CCn1c(CCN=[N+]=[N-])nc(C(C)C)c1Sc1cc(Cl)cc(Cl)c1. The van der Waals surface area contributed by atoms with Crippen molar-refractivity contribution in [1.82, 2.24) is 9.55 Å². The van der Waals surface area contributed by atoms with Crippen LogP contribution in [0.25, 0.3) is 10.4 Å². The minimum absolute atomic E-state index is 0.285. The van der Waals surface area contributed by atoms with Crippen LogP contribution in [0.15, 0.2) is 33.2 Å². The molecular formula is C16H19Cl2N5S. The van der Waals surface area contributed by atoms with E-state index in [1.807, 2.05) is 12.1 Å². The first-order chi connectivity index (χ1) is 11.5. The molecule has 0 saturated heterocycles. The fourth-order valence-electron chi connectivity index (χ4n) is 2.40. The normalized spacial score (nSPS) is 10.9. The lowest BCUT2D eigenvalue weighted by molar-refractivity contribution is 0.642. The van der Waals surface area contributed by atoms with Gasteiger partial charge in [0.15, 0.2) is 0 Å². The molecule has 0 saturated carbocycles. The smallest absolute Gasteiger partial charge is 0.110 e. The van der Waals surface area contributed by atoms with Crippen molar-refractivity contribution in [3.05, 3.63) is 50.2 Å². The van der Waals surface area contributed by atoms with Crippen LogP contribution in [0.3, 0.4) is 0 Å². The number of hydrogen-bond donors (Lipinski definition) is 0. The average molecular weight is 384 g/mol. The lowest BCUT2D eigenvalue weighted by atomic mass is 10.1. The third-order valence-electron chi connectivity index (χ3n) is 3.44. The molecule has 128 valence electrons. The molecule has 0 aliphatic carbocycles. The number of hydrogen-bond acceptors (Lipinski definition) is 3. The largest absolute Gasteiger partial charge is 0.323 e. The van der Waals surface area contributed by atoms with Crippen molar-refractivity contribution >= 4 is 35.0 Å². The molecule has 5 nitrogen and oxygen atoms in total. The summed E-state index contributed by atoms with van der Waals surface area (Å²) in [4.78, 5) is 8.57. The molecule has 0 fully saturated rings. The third kappa shape index (κ3) is 4.61. The van der Waals surface area contributed by atoms with Gasteiger partial charge in [-0.3, -0.25) is 0 Å². The number of azide groups is 1. The van der Waals surface area contributed by atoms with Crippen LogP contribution < -0.4 is 0 Å². The van der Waals surface area contributed by atoms with E-state index in [0.717, 1.165) is 28.0 Å². The predicted octanol–water partition coefficient (Wildman–Crippen LogP) is 6.34. The summed E-state index contributed by atoms with van der Waals surface area (Å²) in [6, 6.07) is 5.52. The molecule has 0 N–H and O–H groups in total.